The number of aryl methyl sites for hydroxylation is 2. The summed E-state index contributed by atoms with van der Waals surface area (Å²) in [6, 6.07) is 6.73. The summed E-state index contributed by atoms with van der Waals surface area (Å²) in [4.78, 5) is 46.5. The lowest BCUT2D eigenvalue weighted by Gasteiger charge is -2.26. The van der Waals surface area contributed by atoms with E-state index >= 15 is 0 Å². The van der Waals surface area contributed by atoms with Gasteiger partial charge in [0.2, 0.25) is 11.8 Å². The summed E-state index contributed by atoms with van der Waals surface area (Å²) in [5, 5.41) is 4.93. The van der Waals surface area contributed by atoms with Crippen LogP contribution in [0, 0.1) is 25.7 Å². The van der Waals surface area contributed by atoms with Crippen molar-refractivity contribution < 1.29 is 28.2 Å². The molecule has 244 valence electrons. The topological polar surface area (TPSA) is 189 Å². The molecule has 0 saturated carbocycles. The number of carbonyl (C=O) groups is 2. The summed E-state index contributed by atoms with van der Waals surface area (Å²) < 4.78 is 28.0. The molecular weight excluding hydrogens is 597 g/mol. The van der Waals surface area contributed by atoms with Gasteiger partial charge in [-0.2, -0.15) is 4.39 Å². The van der Waals surface area contributed by atoms with E-state index in [4.69, 9.17) is 10.5 Å². The molecule has 4 N–H and O–H groups in total. The van der Waals surface area contributed by atoms with Crippen molar-refractivity contribution in [3.05, 3.63) is 66.4 Å². The zero-order valence-corrected chi connectivity index (χ0v) is 26.8. The number of hydrogen-bond acceptors (Lipinski definition) is 12. The van der Waals surface area contributed by atoms with E-state index < -0.39 is 23.7 Å². The van der Waals surface area contributed by atoms with Gasteiger partial charge in [-0.15, -0.1) is 0 Å². The third-order valence-corrected chi connectivity index (χ3v) is 6.21. The first-order chi connectivity index (χ1) is 21.8. The molecule has 0 unspecified atom stereocenters. The Bertz CT molecular complexity index is 1650. The van der Waals surface area contributed by atoms with Crippen LogP contribution in [0.3, 0.4) is 0 Å². The van der Waals surface area contributed by atoms with Crippen LogP contribution in [0.25, 0.3) is 22.5 Å². The molecule has 0 fully saturated rings. The number of nitrogens with one attached hydrogen (secondary N) is 2. The van der Waals surface area contributed by atoms with Gasteiger partial charge in [0.05, 0.1) is 25.6 Å². The van der Waals surface area contributed by atoms with Crippen LogP contribution in [-0.2, 0) is 9.47 Å². The van der Waals surface area contributed by atoms with E-state index in [-0.39, 0.29) is 0 Å². The lowest BCUT2D eigenvalue weighted by molar-refractivity contribution is 0.186. The minimum atomic E-state index is -0.627. The average Bonchev–Trinajstić information content (AvgIpc) is 3.01. The SMILES string of the molecule is COC(=O)Nc1cc(-c2cnc(F)c(C)c2)ncn1.COC(=O)Nc1cc(-c2cnc(OC[C@@](C)(N)CC(C)C)c(C)c2)ncn1. The fourth-order valence-electron chi connectivity index (χ4n) is 4.25. The van der Waals surface area contributed by atoms with E-state index in [1.807, 2.05) is 19.9 Å². The lowest BCUT2D eigenvalue weighted by atomic mass is 9.93. The maximum atomic E-state index is 13.1. The number of nitrogens with zero attached hydrogens (tertiary/aromatic N) is 6. The molecule has 2 amide bonds. The van der Waals surface area contributed by atoms with Gasteiger partial charge in [0.15, 0.2) is 0 Å². The normalized spacial score (nSPS) is 11.9. The van der Waals surface area contributed by atoms with Crippen LogP contribution in [0.4, 0.5) is 25.6 Å². The summed E-state index contributed by atoms with van der Waals surface area (Å²) in [5.41, 5.74) is 9.73. The second-order valence-corrected chi connectivity index (χ2v) is 11.0. The molecule has 0 bridgehead atoms. The molecular formula is C31H38FN9O5. The van der Waals surface area contributed by atoms with Crippen LogP contribution >= 0.6 is 0 Å². The highest BCUT2D eigenvalue weighted by Gasteiger charge is 2.22. The Morgan fingerprint density at radius 3 is 1.78 bits per heavy atom. The zero-order valence-electron chi connectivity index (χ0n) is 26.8. The van der Waals surface area contributed by atoms with Crippen molar-refractivity contribution in [1.29, 1.82) is 0 Å². The summed E-state index contributed by atoms with van der Waals surface area (Å²) in [7, 11) is 2.54. The molecule has 4 heterocycles. The van der Waals surface area contributed by atoms with Gasteiger partial charge >= 0.3 is 12.2 Å². The van der Waals surface area contributed by atoms with Crippen LogP contribution in [0.2, 0.25) is 0 Å². The zero-order chi connectivity index (χ0) is 33.9. The second-order valence-electron chi connectivity index (χ2n) is 11.0. The molecule has 4 rings (SSSR count). The van der Waals surface area contributed by atoms with E-state index in [0.29, 0.717) is 52.6 Å². The van der Waals surface area contributed by atoms with Crippen molar-refractivity contribution >= 4 is 23.8 Å². The predicted octanol–water partition coefficient (Wildman–Crippen LogP) is 5.33. The Hall–Kier alpha value is -5.31. The molecule has 0 aliphatic rings. The molecule has 4 aromatic heterocycles. The van der Waals surface area contributed by atoms with Crippen molar-refractivity contribution in [2.75, 3.05) is 31.5 Å². The van der Waals surface area contributed by atoms with E-state index in [0.717, 1.165) is 17.5 Å². The van der Waals surface area contributed by atoms with Crippen molar-refractivity contribution in [1.82, 2.24) is 29.9 Å². The summed E-state index contributed by atoms with van der Waals surface area (Å²) in [6.07, 6.45) is 5.34. The fraction of sp³-hybridized carbons (Fsp3) is 0.355. The maximum absolute atomic E-state index is 13.1. The molecule has 4 aromatic rings. The van der Waals surface area contributed by atoms with Gasteiger partial charge in [-0.25, -0.2) is 39.5 Å². The number of methoxy groups -OCH3 is 2. The van der Waals surface area contributed by atoms with Crippen molar-refractivity contribution in [2.24, 2.45) is 11.7 Å². The van der Waals surface area contributed by atoms with Gasteiger partial charge in [0.1, 0.15) is 30.9 Å². The number of hydrogen-bond donors (Lipinski definition) is 3. The Morgan fingerprint density at radius 2 is 1.33 bits per heavy atom. The quantitative estimate of drug-likeness (QED) is 0.201. The second kappa shape index (κ2) is 16.1. The highest BCUT2D eigenvalue weighted by atomic mass is 19.1. The number of ether oxygens (including phenoxy) is 3. The highest BCUT2D eigenvalue weighted by molar-refractivity contribution is 5.84. The maximum Gasteiger partial charge on any atom is 0.412 e. The number of pyridine rings is 2. The van der Waals surface area contributed by atoms with Crippen molar-refractivity contribution in [3.8, 4) is 28.4 Å². The molecule has 0 aliphatic carbocycles. The Morgan fingerprint density at radius 1 is 0.826 bits per heavy atom. The smallest absolute Gasteiger partial charge is 0.412 e. The molecule has 0 radical (unpaired) electrons. The molecule has 46 heavy (non-hydrogen) atoms. The molecule has 0 spiro atoms. The Balaban J connectivity index is 0.000000266. The van der Waals surface area contributed by atoms with Gasteiger partial charge in [0.25, 0.3) is 0 Å². The largest absolute Gasteiger partial charge is 0.476 e. The van der Waals surface area contributed by atoms with E-state index in [1.54, 1.807) is 31.3 Å². The number of nitrogens with two attached hydrogens (primary N) is 1. The van der Waals surface area contributed by atoms with Crippen LogP contribution in [0.5, 0.6) is 5.88 Å². The standard InChI is InChI=1S/C19H27N5O3.C12H11FN4O2/c1-12(2)8-19(4,20)10-27-17-13(3)6-14(9-21-17)15-7-16(23-11-22-15)24-18(25)26-5;1-7-3-8(5-14-11(7)13)9-4-10(16-6-15-9)17-12(18)19-2/h6-7,9,11-12H,8,10,20H2,1-5H3,(H,22,23,24,25);3-6H,1-2H3,(H,15,16,17,18)/t19-;/m0./s1. The van der Waals surface area contributed by atoms with Gasteiger partial charge in [-0.05, 0) is 45.2 Å². The number of halogens is 1. The van der Waals surface area contributed by atoms with E-state index in [1.165, 1.54) is 33.1 Å². The molecule has 0 saturated heterocycles. The molecule has 0 aromatic carbocycles. The molecule has 14 nitrogen and oxygen atoms in total. The number of anilines is 2. The Kier molecular flexibility index (Phi) is 12.3. The van der Waals surface area contributed by atoms with Crippen LogP contribution in [-0.4, -0.2) is 68.5 Å². The van der Waals surface area contributed by atoms with Crippen LogP contribution in [0.15, 0.2) is 49.3 Å². The first kappa shape index (κ1) is 35.2. The molecule has 1 atom stereocenters. The van der Waals surface area contributed by atoms with E-state index in [9.17, 15) is 14.0 Å². The minimum absolute atomic E-state index is 0.291. The van der Waals surface area contributed by atoms with Crippen molar-refractivity contribution in [3.63, 3.8) is 0 Å². The lowest BCUT2D eigenvalue weighted by Crippen LogP contribution is -2.43. The van der Waals surface area contributed by atoms with Gasteiger partial charge in [-0.3, -0.25) is 10.6 Å². The Labute approximate surface area is 266 Å². The monoisotopic (exact) mass is 635 g/mol. The number of rotatable bonds is 9. The third-order valence-electron chi connectivity index (χ3n) is 6.21. The number of aromatic nitrogens is 6. The number of amides is 2. The van der Waals surface area contributed by atoms with Gasteiger partial charge in [-0.1, -0.05) is 13.8 Å². The van der Waals surface area contributed by atoms with Crippen LogP contribution in [0.1, 0.15) is 38.3 Å². The predicted molar refractivity (Wildman–Crippen MR) is 170 cm³/mol. The first-order valence-corrected chi connectivity index (χ1v) is 14.2. The summed E-state index contributed by atoms with van der Waals surface area (Å²) in [6.45, 7) is 10.2. The van der Waals surface area contributed by atoms with E-state index in [2.05, 4.69) is 63.9 Å². The van der Waals surface area contributed by atoms with Crippen molar-refractivity contribution in [2.45, 2.75) is 46.6 Å². The molecule has 15 heteroatoms. The fourth-order valence-corrected chi connectivity index (χ4v) is 4.25. The first-order valence-electron chi connectivity index (χ1n) is 14.2. The number of carbonyl (C=O) groups excluding carboxylic acids is 2. The molecule has 0 aliphatic heterocycles. The summed E-state index contributed by atoms with van der Waals surface area (Å²) in [5.74, 6) is 1.15. The summed E-state index contributed by atoms with van der Waals surface area (Å²) >= 11 is 0. The van der Waals surface area contributed by atoms with Gasteiger partial charge < -0.3 is 19.9 Å². The minimum Gasteiger partial charge on any atom is -0.476 e. The van der Waals surface area contributed by atoms with Gasteiger partial charge in [0, 0.05) is 52.3 Å². The highest BCUT2D eigenvalue weighted by Crippen LogP contribution is 2.25. The van der Waals surface area contributed by atoms with Crippen LogP contribution < -0.4 is 21.1 Å². The third kappa shape index (κ3) is 10.7. The average molecular weight is 636 g/mol.